The van der Waals surface area contributed by atoms with E-state index in [-0.39, 0.29) is 0 Å². The topological polar surface area (TPSA) is 54.8 Å². The van der Waals surface area contributed by atoms with Crippen LogP contribution in [-0.2, 0) is 6.42 Å². The van der Waals surface area contributed by atoms with Crippen molar-refractivity contribution in [3.63, 3.8) is 0 Å². The van der Waals surface area contributed by atoms with Crippen molar-refractivity contribution in [3.05, 3.63) is 66.4 Å². The highest BCUT2D eigenvalue weighted by atomic mass is 15.2. The molecule has 0 unspecified atom stereocenters. The Bertz CT molecular complexity index is 851. The minimum Gasteiger partial charge on any atom is -0.356 e. The lowest BCUT2D eigenvalue weighted by Crippen LogP contribution is -2.37. The van der Waals surface area contributed by atoms with Crippen molar-refractivity contribution in [3.8, 4) is 11.4 Å². The van der Waals surface area contributed by atoms with E-state index in [0.29, 0.717) is 5.92 Å². The van der Waals surface area contributed by atoms with Gasteiger partial charge >= 0.3 is 0 Å². The second-order valence-electron chi connectivity index (χ2n) is 6.95. The van der Waals surface area contributed by atoms with Crippen LogP contribution in [0.5, 0.6) is 0 Å². The van der Waals surface area contributed by atoms with E-state index in [9.17, 15) is 0 Å². The second-order valence-corrected chi connectivity index (χ2v) is 6.95. The van der Waals surface area contributed by atoms with E-state index in [0.717, 1.165) is 42.4 Å². The highest BCUT2D eigenvalue weighted by Gasteiger charge is 2.22. The number of aryl methyl sites for hydroxylation is 1. The SMILES string of the molecule is Cc1cc(N2CCC[C@H](Cc3cccnc3)C2)nc(-c2cccnc2)n1. The Labute approximate surface area is 154 Å². The quantitative estimate of drug-likeness (QED) is 0.722. The number of anilines is 1. The van der Waals surface area contributed by atoms with Crippen molar-refractivity contribution >= 4 is 5.82 Å². The zero-order valence-electron chi connectivity index (χ0n) is 15.0. The van der Waals surface area contributed by atoms with Gasteiger partial charge in [0.25, 0.3) is 0 Å². The molecule has 0 saturated carbocycles. The van der Waals surface area contributed by atoms with Gasteiger partial charge in [0.2, 0.25) is 0 Å². The van der Waals surface area contributed by atoms with Crippen LogP contribution >= 0.6 is 0 Å². The number of hydrogen-bond acceptors (Lipinski definition) is 5. The van der Waals surface area contributed by atoms with Crippen LogP contribution in [0, 0.1) is 12.8 Å². The molecule has 5 heteroatoms. The van der Waals surface area contributed by atoms with E-state index in [1.165, 1.54) is 18.4 Å². The summed E-state index contributed by atoms with van der Waals surface area (Å²) in [4.78, 5) is 20.3. The zero-order chi connectivity index (χ0) is 17.8. The molecule has 132 valence electrons. The Balaban J connectivity index is 1.54. The van der Waals surface area contributed by atoms with Crippen LogP contribution < -0.4 is 4.90 Å². The van der Waals surface area contributed by atoms with Crippen molar-refractivity contribution in [2.75, 3.05) is 18.0 Å². The predicted octanol–water partition coefficient (Wildman–Crippen LogP) is 3.70. The summed E-state index contributed by atoms with van der Waals surface area (Å²) in [6.45, 7) is 4.10. The van der Waals surface area contributed by atoms with E-state index >= 15 is 0 Å². The molecule has 1 saturated heterocycles. The Morgan fingerprint density at radius 1 is 1.08 bits per heavy atom. The molecule has 4 heterocycles. The van der Waals surface area contributed by atoms with Gasteiger partial charge in [-0.15, -0.1) is 0 Å². The van der Waals surface area contributed by atoms with Gasteiger partial charge in [-0.25, -0.2) is 9.97 Å². The van der Waals surface area contributed by atoms with Gasteiger partial charge in [-0.2, -0.15) is 0 Å². The molecule has 0 aliphatic carbocycles. The standard InChI is InChI=1S/C21H23N5/c1-16-11-20(25-21(24-16)19-7-3-9-23-14-19)26-10-4-6-18(15-26)12-17-5-2-8-22-13-17/h2-3,5,7-9,11,13-14,18H,4,6,10,12,15H2,1H3/t18-/m1/s1. The average molecular weight is 345 g/mol. The van der Waals surface area contributed by atoms with Crippen LogP contribution in [0.1, 0.15) is 24.1 Å². The summed E-state index contributed by atoms with van der Waals surface area (Å²) in [6.07, 6.45) is 10.9. The summed E-state index contributed by atoms with van der Waals surface area (Å²) in [7, 11) is 0. The summed E-state index contributed by atoms with van der Waals surface area (Å²) < 4.78 is 0. The largest absolute Gasteiger partial charge is 0.356 e. The average Bonchev–Trinajstić information content (AvgIpc) is 2.69. The van der Waals surface area contributed by atoms with E-state index in [2.05, 4.69) is 32.0 Å². The van der Waals surface area contributed by atoms with Crippen LogP contribution in [0.15, 0.2) is 55.1 Å². The van der Waals surface area contributed by atoms with Crippen molar-refractivity contribution in [2.45, 2.75) is 26.2 Å². The summed E-state index contributed by atoms with van der Waals surface area (Å²) in [5, 5.41) is 0. The van der Waals surface area contributed by atoms with Crippen LogP contribution in [0.2, 0.25) is 0 Å². The second kappa shape index (κ2) is 7.60. The molecule has 0 amide bonds. The molecule has 0 bridgehead atoms. The van der Waals surface area contributed by atoms with E-state index in [1.54, 1.807) is 6.20 Å². The Hall–Kier alpha value is -2.82. The van der Waals surface area contributed by atoms with Crippen LogP contribution in [-0.4, -0.2) is 33.0 Å². The van der Waals surface area contributed by atoms with Crippen LogP contribution in [0.25, 0.3) is 11.4 Å². The monoisotopic (exact) mass is 345 g/mol. The first-order valence-corrected chi connectivity index (χ1v) is 9.18. The fraction of sp³-hybridized carbons (Fsp3) is 0.333. The Morgan fingerprint density at radius 3 is 2.69 bits per heavy atom. The molecule has 0 spiro atoms. The lowest BCUT2D eigenvalue weighted by atomic mass is 9.92. The molecule has 1 aliphatic rings. The minimum absolute atomic E-state index is 0.630. The Morgan fingerprint density at radius 2 is 1.92 bits per heavy atom. The van der Waals surface area contributed by atoms with Crippen molar-refractivity contribution in [2.24, 2.45) is 5.92 Å². The maximum atomic E-state index is 4.83. The van der Waals surface area contributed by atoms with Gasteiger partial charge < -0.3 is 4.90 Å². The molecule has 1 atom stereocenters. The number of piperidine rings is 1. The lowest BCUT2D eigenvalue weighted by molar-refractivity contribution is 0.411. The molecular formula is C21H23N5. The first-order valence-electron chi connectivity index (χ1n) is 9.18. The molecule has 1 fully saturated rings. The smallest absolute Gasteiger partial charge is 0.163 e. The van der Waals surface area contributed by atoms with Gasteiger partial charge in [-0.1, -0.05) is 6.07 Å². The summed E-state index contributed by atoms with van der Waals surface area (Å²) in [5.41, 5.74) is 3.26. The molecule has 0 radical (unpaired) electrons. The number of aromatic nitrogens is 4. The third-order valence-electron chi connectivity index (χ3n) is 4.85. The number of hydrogen-bond donors (Lipinski definition) is 0. The number of nitrogens with zero attached hydrogens (tertiary/aromatic N) is 5. The van der Waals surface area contributed by atoms with Crippen LogP contribution in [0.3, 0.4) is 0 Å². The third kappa shape index (κ3) is 3.87. The molecule has 3 aromatic rings. The number of pyridine rings is 2. The van der Waals surface area contributed by atoms with Crippen molar-refractivity contribution < 1.29 is 0 Å². The highest BCUT2D eigenvalue weighted by Crippen LogP contribution is 2.26. The summed E-state index contributed by atoms with van der Waals surface area (Å²) in [5.74, 6) is 2.40. The molecule has 26 heavy (non-hydrogen) atoms. The first kappa shape index (κ1) is 16.6. The first-order chi connectivity index (χ1) is 12.8. The predicted molar refractivity (Wildman–Crippen MR) is 103 cm³/mol. The fourth-order valence-corrected chi connectivity index (χ4v) is 3.63. The van der Waals surface area contributed by atoms with Crippen LogP contribution in [0.4, 0.5) is 5.82 Å². The maximum Gasteiger partial charge on any atom is 0.163 e. The fourth-order valence-electron chi connectivity index (χ4n) is 3.63. The molecule has 0 aromatic carbocycles. The summed E-state index contributed by atoms with van der Waals surface area (Å²) in [6, 6.07) is 10.2. The lowest BCUT2D eigenvalue weighted by Gasteiger charge is -2.34. The van der Waals surface area contributed by atoms with E-state index in [4.69, 9.17) is 4.98 Å². The normalized spacial score (nSPS) is 17.3. The molecule has 5 nitrogen and oxygen atoms in total. The number of rotatable bonds is 4. The van der Waals surface area contributed by atoms with E-state index < -0.39 is 0 Å². The maximum absolute atomic E-state index is 4.83. The molecule has 0 N–H and O–H groups in total. The highest BCUT2D eigenvalue weighted by molar-refractivity contribution is 5.56. The minimum atomic E-state index is 0.630. The molecular weight excluding hydrogens is 322 g/mol. The van der Waals surface area contributed by atoms with Gasteiger partial charge in [-0.3, -0.25) is 9.97 Å². The summed E-state index contributed by atoms with van der Waals surface area (Å²) >= 11 is 0. The molecule has 3 aromatic heterocycles. The zero-order valence-corrected chi connectivity index (χ0v) is 15.0. The van der Waals surface area contributed by atoms with Gasteiger partial charge in [-0.05, 0) is 55.9 Å². The van der Waals surface area contributed by atoms with Gasteiger partial charge in [0, 0.05) is 55.2 Å². The molecule has 1 aliphatic heterocycles. The van der Waals surface area contributed by atoms with Crippen molar-refractivity contribution in [1.29, 1.82) is 0 Å². The van der Waals surface area contributed by atoms with Gasteiger partial charge in [0.15, 0.2) is 5.82 Å². The van der Waals surface area contributed by atoms with Gasteiger partial charge in [0.1, 0.15) is 5.82 Å². The Kier molecular flexibility index (Phi) is 4.86. The third-order valence-corrected chi connectivity index (χ3v) is 4.85. The van der Waals surface area contributed by atoms with E-state index in [1.807, 2.05) is 43.7 Å². The van der Waals surface area contributed by atoms with Crippen molar-refractivity contribution in [1.82, 2.24) is 19.9 Å². The molecule has 4 rings (SSSR count). The van der Waals surface area contributed by atoms with Gasteiger partial charge in [0.05, 0.1) is 0 Å².